The van der Waals surface area contributed by atoms with Crippen LogP contribution in [0.2, 0.25) is 0 Å². The molecule has 0 unspecified atom stereocenters. The summed E-state index contributed by atoms with van der Waals surface area (Å²) in [6.45, 7) is 6.32. The highest BCUT2D eigenvalue weighted by atomic mass is 14.7. The lowest BCUT2D eigenvalue weighted by atomic mass is 9.89. The van der Waals surface area contributed by atoms with Crippen LogP contribution >= 0.6 is 0 Å². The second kappa shape index (κ2) is 3.98. The zero-order valence-electron chi connectivity index (χ0n) is 7.68. The van der Waals surface area contributed by atoms with Gasteiger partial charge in [-0.05, 0) is 12.2 Å². The highest BCUT2D eigenvalue weighted by molar-refractivity contribution is 5.99. The molecule has 0 aliphatic rings. The zero-order chi connectivity index (χ0) is 8.91. The lowest BCUT2D eigenvalue weighted by Gasteiger charge is -2.17. The van der Waals surface area contributed by atoms with Crippen LogP contribution < -0.4 is 0 Å². The van der Waals surface area contributed by atoms with Crippen molar-refractivity contribution in [3.63, 3.8) is 0 Å². The van der Waals surface area contributed by atoms with E-state index in [1.54, 1.807) is 13.1 Å². The van der Waals surface area contributed by atoms with Gasteiger partial charge in [-0.3, -0.25) is 4.99 Å². The van der Waals surface area contributed by atoms with Gasteiger partial charge in [0.15, 0.2) is 0 Å². The molecule has 0 N–H and O–H groups in total. The molecule has 0 bridgehead atoms. The van der Waals surface area contributed by atoms with Gasteiger partial charge in [0.2, 0.25) is 0 Å². The largest absolute Gasteiger partial charge is 0.293 e. The maximum absolute atomic E-state index is 5.08. The molecule has 0 aliphatic heterocycles. The fraction of sp³-hybridized carbons (Fsp3) is 0.500. The third-order valence-corrected chi connectivity index (χ3v) is 1.35. The number of terminal acetylenes is 1. The molecule has 1 nitrogen and oxygen atoms in total. The second-order valence-electron chi connectivity index (χ2n) is 3.36. The van der Waals surface area contributed by atoms with Gasteiger partial charge in [-0.15, -0.1) is 6.42 Å². The van der Waals surface area contributed by atoms with Crippen LogP contribution in [-0.2, 0) is 0 Å². The van der Waals surface area contributed by atoms with Crippen molar-refractivity contribution < 1.29 is 0 Å². The highest BCUT2D eigenvalue weighted by Gasteiger charge is 2.14. The zero-order valence-corrected chi connectivity index (χ0v) is 7.68. The van der Waals surface area contributed by atoms with Crippen molar-refractivity contribution in [2.75, 3.05) is 7.05 Å². The van der Waals surface area contributed by atoms with Crippen LogP contribution in [0.5, 0.6) is 0 Å². The Morgan fingerprint density at radius 1 is 1.45 bits per heavy atom. The van der Waals surface area contributed by atoms with Crippen molar-refractivity contribution >= 4 is 5.71 Å². The Bertz CT molecular complexity index is 208. The summed E-state index contributed by atoms with van der Waals surface area (Å²) in [7, 11) is 1.78. The molecular weight excluding hydrogens is 134 g/mol. The van der Waals surface area contributed by atoms with Gasteiger partial charge in [0.25, 0.3) is 0 Å². The minimum absolute atomic E-state index is 0.0854. The molecule has 0 aromatic carbocycles. The molecule has 60 valence electrons. The van der Waals surface area contributed by atoms with Gasteiger partial charge in [0, 0.05) is 18.2 Å². The maximum atomic E-state index is 5.08. The van der Waals surface area contributed by atoms with Crippen molar-refractivity contribution in [1.82, 2.24) is 0 Å². The van der Waals surface area contributed by atoms with E-state index in [9.17, 15) is 0 Å². The van der Waals surface area contributed by atoms with Gasteiger partial charge in [0.05, 0.1) is 0 Å². The van der Waals surface area contributed by atoms with Gasteiger partial charge in [0.1, 0.15) is 0 Å². The molecule has 0 saturated carbocycles. The van der Waals surface area contributed by atoms with Gasteiger partial charge >= 0.3 is 0 Å². The van der Waals surface area contributed by atoms with E-state index in [0.717, 1.165) is 5.71 Å². The Labute approximate surface area is 69.2 Å². The number of rotatable bonds is 1. The van der Waals surface area contributed by atoms with Crippen LogP contribution in [0.15, 0.2) is 17.1 Å². The fourth-order valence-corrected chi connectivity index (χ4v) is 0.787. The van der Waals surface area contributed by atoms with E-state index < -0.39 is 0 Å². The molecule has 0 aliphatic carbocycles. The molecule has 0 spiro atoms. The second-order valence-corrected chi connectivity index (χ2v) is 3.36. The fourth-order valence-electron chi connectivity index (χ4n) is 0.787. The summed E-state index contributed by atoms with van der Waals surface area (Å²) in [5, 5.41) is 0. The summed E-state index contributed by atoms with van der Waals surface area (Å²) in [5.41, 5.74) is 1.11. The van der Waals surface area contributed by atoms with Gasteiger partial charge in [-0.1, -0.05) is 26.7 Å². The molecule has 0 fully saturated rings. The Balaban J connectivity index is 4.49. The Kier molecular flexibility index (Phi) is 3.60. The molecule has 11 heavy (non-hydrogen) atoms. The molecule has 0 aromatic rings. The van der Waals surface area contributed by atoms with E-state index in [1.807, 2.05) is 6.08 Å². The summed E-state index contributed by atoms with van der Waals surface area (Å²) in [5.74, 6) is 2.44. The monoisotopic (exact) mass is 149 g/mol. The van der Waals surface area contributed by atoms with Crippen molar-refractivity contribution in [1.29, 1.82) is 0 Å². The number of hydrogen-bond acceptors (Lipinski definition) is 1. The predicted octanol–water partition coefficient (Wildman–Crippen LogP) is 2.29. The number of nitrogens with zero attached hydrogens (tertiary/aromatic N) is 1. The van der Waals surface area contributed by atoms with E-state index in [4.69, 9.17) is 6.42 Å². The van der Waals surface area contributed by atoms with Crippen molar-refractivity contribution in [3.05, 3.63) is 12.2 Å². The number of aliphatic imine (C=N–C) groups is 1. The summed E-state index contributed by atoms with van der Waals surface area (Å²) < 4.78 is 0. The van der Waals surface area contributed by atoms with Crippen molar-refractivity contribution in [3.8, 4) is 12.3 Å². The Morgan fingerprint density at radius 3 is 2.27 bits per heavy atom. The van der Waals surface area contributed by atoms with E-state index in [1.165, 1.54) is 0 Å². The molecular formula is C10H15N. The molecule has 0 rings (SSSR count). The smallest absolute Gasteiger partial charge is 0.0404 e. The summed E-state index contributed by atoms with van der Waals surface area (Å²) in [6.07, 6.45) is 8.63. The topological polar surface area (TPSA) is 12.4 Å². The van der Waals surface area contributed by atoms with E-state index >= 15 is 0 Å². The average molecular weight is 149 g/mol. The number of allylic oxidation sites excluding steroid dienone is 2. The van der Waals surface area contributed by atoms with E-state index in [0.29, 0.717) is 0 Å². The van der Waals surface area contributed by atoms with E-state index in [-0.39, 0.29) is 5.41 Å². The van der Waals surface area contributed by atoms with Gasteiger partial charge in [-0.25, -0.2) is 0 Å². The molecule has 0 saturated heterocycles. The van der Waals surface area contributed by atoms with Crippen LogP contribution in [0.25, 0.3) is 0 Å². The molecule has 0 heterocycles. The molecule has 0 atom stereocenters. The SMILES string of the molecule is C#C/C=C\C(=NC)C(C)(C)C. The Morgan fingerprint density at radius 2 is 2.00 bits per heavy atom. The quantitative estimate of drug-likeness (QED) is 0.400. The van der Waals surface area contributed by atoms with Crippen LogP contribution in [0, 0.1) is 17.8 Å². The first-order chi connectivity index (χ1) is 5.02. The lowest BCUT2D eigenvalue weighted by molar-refractivity contribution is 0.593. The summed E-state index contributed by atoms with van der Waals surface area (Å²) in [6, 6.07) is 0. The van der Waals surface area contributed by atoms with Gasteiger partial charge < -0.3 is 0 Å². The first-order valence-corrected chi connectivity index (χ1v) is 3.62. The molecule has 0 amide bonds. The molecule has 0 aromatic heterocycles. The van der Waals surface area contributed by atoms with Crippen LogP contribution in [0.4, 0.5) is 0 Å². The van der Waals surface area contributed by atoms with Crippen LogP contribution in [0.3, 0.4) is 0 Å². The van der Waals surface area contributed by atoms with Gasteiger partial charge in [-0.2, -0.15) is 0 Å². The minimum Gasteiger partial charge on any atom is -0.293 e. The van der Waals surface area contributed by atoms with Crippen LogP contribution in [0.1, 0.15) is 20.8 Å². The first kappa shape index (κ1) is 9.97. The standard InChI is InChI=1S/C10H15N/c1-6-7-8-9(11-5)10(2,3)4/h1,7-8H,2-5H3/b8-7-,11-9?. The third kappa shape index (κ3) is 3.62. The number of hydrogen-bond donors (Lipinski definition) is 0. The minimum atomic E-state index is 0.0854. The predicted molar refractivity (Wildman–Crippen MR) is 50.8 cm³/mol. The highest BCUT2D eigenvalue weighted by Crippen LogP contribution is 2.16. The normalized spacial score (nSPS) is 13.5. The lowest BCUT2D eigenvalue weighted by Crippen LogP contribution is -2.17. The maximum Gasteiger partial charge on any atom is 0.0404 e. The summed E-state index contributed by atoms with van der Waals surface area (Å²) >= 11 is 0. The van der Waals surface area contributed by atoms with E-state index in [2.05, 4.69) is 31.7 Å². The third-order valence-electron chi connectivity index (χ3n) is 1.35. The Hall–Kier alpha value is -1.03. The molecule has 1 heteroatoms. The van der Waals surface area contributed by atoms with Crippen molar-refractivity contribution in [2.45, 2.75) is 20.8 Å². The summed E-state index contributed by atoms with van der Waals surface area (Å²) in [4.78, 5) is 4.13. The average Bonchev–Trinajstić information content (AvgIpc) is 1.87. The first-order valence-electron chi connectivity index (χ1n) is 3.62. The molecule has 0 radical (unpaired) electrons. The van der Waals surface area contributed by atoms with Crippen molar-refractivity contribution in [2.24, 2.45) is 10.4 Å². The van der Waals surface area contributed by atoms with Crippen LogP contribution in [-0.4, -0.2) is 12.8 Å².